The smallest absolute Gasteiger partial charge is 0.232 e. The fourth-order valence-corrected chi connectivity index (χ4v) is 3.16. The van der Waals surface area contributed by atoms with E-state index in [1.807, 2.05) is 13.0 Å². The second-order valence-corrected chi connectivity index (χ2v) is 6.48. The van der Waals surface area contributed by atoms with E-state index in [0.717, 1.165) is 15.1 Å². The topological polar surface area (TPSA) is 35.0 Å². The molecule has 0 unspecified atom stereocenters. The largest absolute Gasteiger partial charge is 0.438 e. The highest BCUT2D eigenvalue weighted by Gasteiger charge is 2.12. The molecule has 3 rings (SSSR count). The molecule has 0 aliphatic rings. The third kappa shape index (κ3) is 2.63. The Morgan fingerprint density at radius 1 is 1.30 bits per heavy atom. The maximum Gasteiger partial charge on any atom is 0.232 e. The molecule has 3 nitrogen and oxygen atoms in total. The van der Waals surface area contributed by atoms with Gasteiger partial charge in [0.15, 0.2) is 0 Å². The molecule has 7 heteroatoms. The van der Waals surface area contributed by atoms with Gasteiger partial charge in [0.2, 0.25) is 11.2 Å². The molecule has 1 aromatic carbocycles. The molecule has 0 atom stereocenters. The zero-order valence-electron chi connectivity index (χ0n) is 10.2. The summed E-state index contributed by atoms with van der Waals surface area (Å²) in [5.41, 5.74) is 0. The molecule has 102 valence electrons. The Hall–Kier alpha value is -1.24. The Balaban J connectivity index is 2.07. The summed E-state index contributed by atoms with van der Waals surface area (Å²) in [6.45, 7) is 1.97. The highest BCUT2D eigenvalue weighted by atomic mass is 79.9. The van der Waals surface area contributed by atoms with Crippen molar-refractivity contribution in [1.29, 1.82) is 0 Å². The van der Waals surface area contributed by atoms with Crippen molar-refractivity contribution in [3.05, 3.63) is 44.7 Å². The van der Waals surface area contributed by atoms with Crippen LogP contribution in [0.5, 0.6) is 11.6 Å². The van der Waals surface area contributed by atoms with Crippen molar-refractivity contribution in [2.24, 2.45) is 0 Å². The van der Waals surface area contributed by atoms with Gasteiger partial charge in [0.25, 0.3) is 0 Å². The van der Waals surface area contributed by atoms with E-state index >= 15 is 0 Å². The second-order valence-electron chi connectivity index (χ2n) is 4.05. The molecule has 20 heavy (non-hydrogen) atoms. The van der Waals surface area contributed by atoms with Crippen LogP contribution in [0.25, 0.3) is 10.2 Å². The van der Waals surface area contributed by atoms with Crippen LogP contribution in [-0.4, -0.2) is 9.97 Å². The lowest BCUT2D eigenvalue weighted by molar-refractivity contribution is 0.466. The highest BCUT2D eigenvalue weighted by molar-refractivity contribution is 9.10. The summed E-state index contributed by atoms with van der Waals surface area (Å²) in [5, 5.41) is 0.910. The van der Waals surface area contributed by atoms with E-state index in [2.05, 4.69) is 25.9 Å². The predicted molar refractivity (Wildman–Crippen MR) is 81.3 cm³/mol. The number of fused-ring (bicyclic) bond motifs is 1. The quantitative estimate of drug-likeness (QED) is 0.568. The van der Waals surface area contributed by atoms with Gasteiger partial charge in [-0.25, -0.2) is 9.37 Å². The van der Waals surface area contributed by atoms with Gasteiger partial charge in [0, 0.05) is 4.88 Å². The lowest BCUT2D eigenvalue weighted by Gasteiger charge is -2.06. The number of hydrogen-bond acceptors (Lipinski definition) is 4. The molecular formula is C13H7BrClFN2OS. The van der Waals surface area contributed by atoms with Crippen molar-refractivity contribution in [3.63, 3.8) is 0 Å². The van der Waals surface area contributed by atoms with Crippen molar-refractivity contribution in [2.45, 2.75) is 6.92 Å². The zero-order chi connectivity index (χ0) is 14.3. The third-order valence-corrected chi connectivity index (χ3v) is 4.28. The van der Waals surface area contributed by atoms with Crippen LogP contribution in [0.3, 0.4) is 0 Å². The molecule has 3 aromatic rings. The number of thiophene rings is 1. The molecular weight excluding hydrogens is 367 g/mol. The number of benzene rings is 1. The summed E-state index contributed by atoms with van der Waals surface area (Å²) >= 11 is 10.5. The Bertz CT molecular complexity index is 808. The number of halogens is 3. The van der Waals surface area contributed by atoms with Crippen molar-refractivity contribution < 1.29 is 9.13 Å². The van der Waals surface area contributed by atoms with Crippen LogP contribution >= 0.6 is 38.9 Å². The minimum Gasteiger partial charge on any atom is -0.438 e. The van der Waals surface area contributed by atoms with Crippen molar-refractivity contribution in [3.8, 4) is 11.6 Å². The number of hydrogen-bond donors (Lipinski definition) is 0. The molecule has 2 aromatic heterocycles. The van der Waals surface area contributed by atoms with Gasteiger partial charge in [0.05, 0.1) is 9.86 Å². The summed E-state index contributed by atoms with van der Waals surface area (Å²) in [7, 11) is 0. The van der Waals surface area contributed by atoms with Gasteiger partial charge >= 0.3 is 0 Å². The summed E-state index contributed by atoms with van der Waals surface area (Å²) in [6.07, 6.45) is 0. The van der Waals surface area contributed by atoms with Crippen molar-refractivity contribution in [1.82, 2.24) is 9.97 Å². The van der Waals surface area contributed by atoms with Crippen LogP contribution in [0.15, 0.2) is 28.7 Å². The Morgan fingerprint density at radius 2 is 2.10 bits per heavy atom. The van der Waals surface area contributed by atoms with Crippen LogP contribution in [-0.2, 0) is 0 Å². The molecule has 0 spiro atoms. The van der Waals surface area contributed by atoms with E-state index in [1.165, 1.54) is 29.5 Å². The van der Waals surface area contributed by atoms with Gasteiger partial charge < -0.3 is 4.74 Å². The molecule has 0 N–H and O–H groups in total. The normalized spacial score (nSPS) is 11.0. The average molecular weight is 374 g/mol. The van der Waals surface area contributed by atoms with Crippen LogP contribution in [0, 0.1) is 12.7 Å². The first-order valence-electron chi connectivity index (χ1n) is 5.59. The van der Waals surface area contributed by atoms with E-state index in [4.69, 9.17) is 16.3 Å². The fraction of sp³-hybridized carbons (Fsp3) is 0.0769. The highest BCUT2D eigenvalue weighted by Crippen LogP contribution is 2.34. The molecule has 0 aliphatic heterocycles. The molecule has 0 amide bonds. The lowest BCUT2D eigenvalue weighted by Crippen LogP contribution is -1.91. The first kappa shape index (κ1) is 13.7. The summed E-state index contributed by atoms with van der Waals surface area (Å²) in [5.74, 6) is 0.482. The number of aromatic nitrogens is 2. The van der Waals surface area contributed by atoms with Crippen LogP contribution in [0.2, 0.25) is 5.28 Å². The molecule has 0 radical (unpaired) electrons. The maximum atomic E-state index is 13.2. The molecule has 0 saturated carbocycles. The zero-order valence-corrected chi connectivity index (χ0v) is 13.3. The lowest BCUT2D eigenvalue weighted by atomic mass is 10.3. The van der Waals surface area contributed by atoms with Crippen LogP contribution < -0.4 is 4.74 Å². The maximum absolute atomic E-state index is 13.2. The summed E-state index contributed by atoms with van der Waals surface area (Å²) in [4.78, 5) is 10.1. The van der Waals surface area contributed by atoms with Gasteiger partial charge in [-0.1, -0.05) is 0 Å². The van der Waals surface area contributed by atoms with E-state index in [9.17, 15) is 4.39 Å². The average Bonchev–Trinajstić information content (AvgIpc) is 2.74. The number of ether oxygens (including phenoxy) is 1. The minimum atomic E-state index is -0.352. The monoisotopic (exact) mass is 372 g/mol. The first-order chi connectivity index (χ1) is 9.52. The van der Waals surface area contributed by atoms with Crippen molar-refractivity contribution in [2.75, 3.05) is 0 Å². The van der Waals surface area contributed by atoms with Crippen molar-refractivity contribution >= 4 is 49.1 Å². The number of rotatable bonds is 2. The number of nitrogens with zero attached hydrogens (tertiary/aromatic N) is 2. The van der Waals surface area contributed by atoms with Gasteiger partial charge in [-0.15, -0.1) is 11.3 Å². The molecule has 0 bridgehead atoms. The second kappa shape index (κ2) is 5.27. The molecule has 0 aliphatic carbocycles. The third-order valence-electron chi connectivity index (χ3n) is 2.56. The van der Waals surface area contributed by atoms with Gasteiger partial charge in [0.1, 0.15) is 16.4 Å². The van der Waals surface area contributed by atoms with Gasteiger partial charge in [-0.05, 0) is 58.7 Å². The fourth-order valence-electron chi connectivity index (χ4n) is 1.72. The first-order valence-corrected chi connectivity index (χ1v) is 7.58. The summed E-state index contributed by atoms with van der Waals surface area (Å²) in [6, 6.07) is 6.32. The van der Waals surface area contributed by atoms with Gasteiger partial charge in [-0.3, -0.25) is 0 Å². The van der Waals surface area contributed by atoms with E-state index in [1.54, 1.807) is 0 Å². The van der Waals surface area contributed by atoms with Crippen LogP contribution in [0.1, 0.15) is 4.88 Å². The molecule has 2 heterocycles. The van der Waals surface area contributed by atoms with Crippen LogP contribution in [0.4, 0.5) is 4.39 Å². The molecule has 0 fully saturated rings. The Labute approximate surface area is 131 Å². The Kier molecular flexibility index (Phi) is 3.62. The minimum absolute atomic E-state index is 0.121. The number of aryl methyl sites for hydroxylation is 1. The SMILES string of the molecule is Cc1cc2c(Oc3ccc(F)c(Br)c3)nc(Cl)nc2s1. The van der Waals surface area contributed by atoms with E-state index in [0.29, 0.717) is 16.1 Å². The standard InChI is InChI=1S/C13H7BrClFN2OS/c1-6-4-8-11(17-13(15)18-12(8)20-6)19-7-2-3-10(16)9(14)5-7/h2-5H,1H3. The molecule has 0 saturated heterocycles. The van der Waals surface area contributed by atoms with E-state index in [-0.39, 0.29) is 11.1 Å². The van der Waals surface area contributed by atoms with Gasteiger partial charge in [-0.2, -0.15) is 4.98 Å². The van der Waals surface area contributed by atoms with E-state index < -0.39 is 0 Å². The Morgan fingerprint density at radius 3 is 2.85 bits per heavy atom. The predicted octanol–water partition coefficient (Wildman–Crippen LogP) is 5.35. The summed E-state index contributed by atoms with van der Waals surface area (Å²) < 4.78 is 19.2.